The van der Waals surface area contributed by atoms with Gasteiger partial charge in [-0.15, -0.1) is 15.0 Å². The van der Waals surface area contributed by atoms with E-state index in [0.717, 1.165) is 26.6 Å². The quantitative estimate of drug-likeness (QED) is 0.560. The number of hydrogen-bond acceptors (Lipinski definition) is 5. The van der Waals surface area contributed by atoms with Gasteiger partial charge in [0.05, 0.1) is 5.52 Å². The molecule has 8 heteroatoms. The minimum absolute atomic E-state index is 0.0323. The summed E-state index contributed by atoms with van der Waals surface area (Å²) < 4.78 is 0.818. The van der Waals surface area contributed by atoms with Crippen LogP contribution in [0.1, 0.15) is 16.2 Å². The fraction of sp³-hybridized carbons (Fsp3) is 0.0556. The van der Waals surface area contributed by atoms with Gasteiger partial charge in [-0.05, 0) is 57.9 Å². The average Bonchev–Trinajstić information content (AvgIpc) is 3.11. The van der Waals surface area contributed by atoms with Crippen molar-refractivity contribution in [1.29, 1.82) is 0 Å². The molecule has 0 unspecified atom stereocenters. The van der Waals surface area contributed by atoms with Gasteiger partial charge in [-0.25, -0.2) is 4.98 Å². The standard InChI is InChI=1S/C18H13BrN6O/c1-11-5-4-7-13(19)16(11)25-23-17(22-24-25)18(26)21-15-10-9-12-6-2-3-8-14(12)20-15/h2-10H,1H3,(H,20,21,26). The topological polar surface area (TPSA) is 85.6 Å². The lowest BCUT2D eigenvalue weighted by Gasteiger charge is -2.05. The molecule has 4 rings (SSSR count). The second-order valence-corrected chi connectivity index (χ2v) is 6.51. The van der Waals surface area contributed by atoms with Gasteiger partial charge in [0.15, 0.2) is 0 Å². The summed E-state index contributed by atoms with van der Waals surface area (Å²) in [7, 11) is 0. The van der Waals surface area contributed by atoms with Crippen LogP contribution in [0, 0.1) is 6.92 Å². The van der Waals surface area contributed by atoms with Crippen LogP contribution in [0.15, 0.2) is 59.1 Å². The van der Waals surface area contributed by atoms with Gasteiger partial charge in [-0.3, -0.25) is 4.79 Å². The lowest BCUT2D eigenvalue weighted by Crippen LogP contribution is -2.15. The summed E-state index contributed by atoms with van der Waals surface area (Å²) in [6.45, 7) is 1.93. The van der Waals surface area contributed by atoms with E-state index in [2.05, 4.69) is 41.6 Å². The first kappa shape index (κ1) is 16.3. The SMILES string of the molecule is Cc1cccc(Br)c1-n1nnc(C(=O)Nc2ccc3ccccc3n2)n1. The Labute approximate surface area is 157 Å². The highest BCUT2D eigenvalue weighted by Gasteiger charge is 2.16. The predicted molar refractivity (Wildman–Crippen MR) is 101 cm³/mol. The Morgan fingerprint density at radius 3 is 2.77 bits per heavy atom. The molecule has 1 N–H and O–H groups in total. The minimum Gasteiger partial charge on any atom is -0.304 e. The van der Waals surface area contributed by atoms with Crippen LogP contribution in [0.4, 0.5) is 5.82 Å². The molecule has 0 aliphatic carbocycles. The van der Waals surface area contributed by atoms with Crippen molar-refractivity contribution in [2.45, 2.75) is 6.92 Å². The molecule has 0 fully saturated rings. The molecule has 0 saturated heterocycles. The zero-order valence-corrected chi connectivity index (χ0v) is 15.3. The van der Waals surface area contributed by atoms with Gasteiger partial charge in [0.25, 0.3) is 11.7 Å². The van der Waals surface area contributed by atoms with Crippen LogP contribution in [-0.2, 0) is 0 Å². The van der Waals surface area contributed by atoms with Gasteiger partial charge in [0, 0.05) is 9.86 Å². The molecule has 0 radical (unpaired) electrons. The molecule has 0 aliphatic rings. The number of nitrogens with one attached hydrogen (secondary N) is 1. The molecule has 0 atom stereocenters. The first-order valence-corrected chi connectivity index (χ1v) is 8.64. The zero-order chi connectivity index (χ0) is 18.1. The molecule has 0 saturated carbocycles. The van der Waals surface area contributed by atoms with Crippen molar-refractivity contribution in [3.63, 3.8) is 0 Å². The first-order valence-electron chi connectivity index (χ1n) is 7.84. The minimum atomic E-state index is -0.469. The van der Waals surface area contributed by atoms with E-state index in [4.69, 9.17) is 0 Å². The van der Waals surface area contributed by atoms with Crippen molar-refractivity contribution < 1.29 is 4.79 Å². The number of anilines is 1. The Bertz CT molecular complexity index is 1100. The Balaban J connectivity index is 1.60. The van der Waals surface area contributed by atoms with E-state index in [1.807, 2.05) is 55.5 Å². The van der Waals surface area contributed by atoms with Gasteiger partial charge in [-0.1, -0.05) is 30.3 Å². The van der Waals surface area contributed by atoms with Crippen LogP contribution in [0.2, 0.25) is 0 Å². The molecule has 2 aromatic carbocycles. The molecule has 7 nitrogen and oxygen atoms in total. The van der Waals surface area contributed by atoms with Gasteiger partial charge in [-0.2, -0.15) is 0 Å². The Kier molecular flexibility index (Phi) is 4.18. The molecule has 2 heterocycles. The fourth-order valence-electron chi connectivity index (χ4n) is 2.58. The number of para-hydroxylation sites is 2. The third-order valence-corrected chi connectivity index (χ3v) is 4.49. The van der Waals surface area contributed by atoms with Crippen molar-refractivity contribution in [2.75, 3.05) is 5.32 Å². The highest BCUT2D eigenvalue weighted by molar-refractivity contribution is 9.10. The Hall–Kier alpha value is -3.13. The Morgan fingerprint density at radius 2 is 1.92 bits per heavy atom. The van der Waals surface area contributed by atoms with Crippen LogP contribution < -0.4 is 5.32 Å². The maximum absolute atomic E-state index is 12.4. The lowest BCUT2D eigenvalue weighted by atomic mass is 10.2. The van der Waals surface area contributed by atoms with Gasteiger partial charge < -0.3 is 5.32 Å². The molecular formula is C18H13BrN6O. The molecule has 1 amide bonds. The van der Waals surface area contributed by atoms with Crippen molar-refractivity contribution >= 4 is 38.6 Å². The number of benzene rings is 2. The fourth-order valence-corrected chi connectivity index (χ4v) is 3.21. The normalized spacial score (nSPS) is 10.8. The Morgan fingerprint density at radius 1 is 1.08 bits per heavy atom. The number of tetrazole rings is 1. The van der Waals surface area contributed by atoms with E-state index < -0.39 is 5.91 Å². The number of halogens is 1. The van der Waals surface area contributed by atoms with Crippen LogP contribution in [-0.4, -0.2) is 31.1 Å². The number of hydrogen-bond donors (Lipinski definition) is 1. The molecule has 128 valence electrons. The molecule has 0 bridgehead atoms. The number of carbonyl (C=O) groups excluding carboxylic acids is 1. The number of aromatic nitrogens is 5. The summed E-state index contributed by atoms with van der Waals surface area (Å²) in [6.07, 6.45) is 0. The summed E-state index contributed by atoms with van der Waals surface area (Å²) in [5.41, 5.74) is 2.49. The first-order chi connectivity index (χ1) is 12.6. The highest BCUT2D eigenvalue weighted by Crippen LogP contribution is 2.23. The number of rotatable bonds is 3. The van der Waals surface area contributed by atoms with Crippen LogP contribution in [0.25, 0.3) is 16.6 Å². The number of amides is 1. The number of carbonyl (C=O) groups is 1. The maximum atomic E-state index is 12.4. The molecule has 2 aromatic heterocycles. The number of nitrogens with zero attached hydrogens (tertiary/aromatic N) is 5. The van der Waals surface area contributed by atoms with Crippen molar-refractivity contribution in [3.8, 4) is 5.69 Å². The summed E-state index contributed by atoms with van der Waals surface area (Å²) in [4.78, 5) is 18.2. The summed E-state index contributed by atoms with van der Waals surface area (Å²) in [5, 5.41) is 15.7. The van der Waals surface area contributed by atoms with Crippen molar-refractivity contribution in [2.24, 2.45) is 0 Å². The van der Waals surface area contributed by atoms with E-state index in [0.29, 0.717) is 5.82 Å². The van der Waals surface area contributed by atoms with Gasteiger partial charge in [0.2, 0.25) is 0 Å². The second kappa shape index (κ2) is 6.64. The highest BCUT2D eigenvalue weighted by atomic mass is 79.9. The summed E-state index contributed by atoms with van der Waals surface area (Å²) in [6, 6.07) is 17.0. The van der Waals surface area contributed by atoms with Crippen LogP contribution in [0.3, 0.4) is 0 Å². The van der Waals surface area contributed by atoms with Gasteiger partial charge in [0.1, 0.15) is 11.5 Å². The molecule has 26 heavy (non-hydrogen) atoms. The van der Waals surface area contributed by atoms with Crippen molar-refractivity contribution in [3.05, 3.63) is 70.5 Å². The van der Waals surface area contributed by atoms with Gasteiger partial charge >= 0.3 is 0 Å². The maximum Gasteiger partial charge on any atom is 0.298 e. The van der Waals surface area contributed by atoms with E-state index in [9.17, 15) is 4.79 Å². The molecule has 4 aromatic rings. The lowest BCUT2D eigenvalue weighted by molar-refractivity contribution is 0.101. The van der Waals surface area contributed by atoms with Crippen LogP contribution >= 0.6 is 15.9 Å². The summed E-state index contributed by atoms with van der Waals surface area (Å²) in [5.74, 6) is -0.0685. The smallest absolute Gasteiger partial charge is 0.298 e. The molecule has 0 aliphatic heterocycles. The molecular weight excluding hydrogens is 396 g/mol. The molecule has 0 spiro atoms. The largest absolute Gasteiger partial charge is 0.304 e. The van der Waals surface area contributed by atoms with Crippen LogP contribution in [0.5, 0.6) is 0 Å². The number of aryl methyl sites for hydroxylation is 1. The third-order valence-electron chi connectivity index (χ3n) is 3.85. The van der Waals surface area contributed by atoms with E-state index in [1.165, 1.54) is 4.80 Å². The van der Waals surface area contributed by atoms with Crippen molar-refractivity contribution in [1.82, 2.24) is 25.2 Å². The number of fused-ring (bicyclic) bond motifs is 1. The van der Waals surface area contributed by atoms with E-state index in [1.54, 1.807) is 6.07 Å². The summed E-state index contributed by atoms with van der Waals surface area (Å²) >= 11 is 3.47. The van der Waals surface area contributed by atoms with E-state index in [-0.39, 0.29) is 5.82 Å². The van der Waals surface area contributed by atoms with E-state index >= 15 is 0 Å². The third kappa shape index (κ3) is 3.06. The predicted octanol–water partition coefficient (Wildman–Crippen LogP) is 3.53. The average molecular weight is 409 g/mol. The second-order valence-electron chi connectivity index (χ2n) is 5.65. The number of pyridine rings is 1. The zero-order valence-electron chi connectivity index (χ0n) is 13.7. The monoisotopic (exact) mass is 408 g/mol.